The zero-order chi connectivity index (χ0) is 36.0. The van der Waals surface area contributed by atoms with E-state index in [4.69, 9.17) is 24.5 Å². The van der Waals surface area contributed by atoms with Gasteiger partial charge in [-0.05, 0) is 74.8 Å². The zero-order valence-electron chi connectivity index (χ0n) is 29.2. The minimum atomic E-state index is -3.87. The van der Waals surface area contributed by atoms with Crippen LogP contribution in [0.5, 0.6) is 5.75 Å². The Hall–Kier alpha value is -4.89. The molecule has 7 rings (SSSR count). The molecule has 15 heteroatoms. The smallest absolute Gasteiger partial charge is 0.232 e. The fourth-order valence-corrected chi connectivity index (χ4v) is 7.08. The highest BCUT2D eigenvalue weighted by Crippen LogP contribution is 2.50. The van der Waals surface area contributed by atoms with Crippen molar-refractivity contribution in [2.24, 2.45) is 7.05 Å². The predicted octanol–water partition coefficient (Wildman–Crippen LogP) is 6.76. The van der Waals surface area contributed by atoms with Crippen molar-refractivity contribution in [2.45, 2.75) is 62.6 Å². The molecular formula is C36H40F2N8O4S. The van der Waals surface area contributed by atoms with E-state index in [0.717, 1.165) is 67.3 Å². The Morgan fingerprint density at radius 2 is 1.76 bits per heavy atom. The van der Waals surface area contributed by atoms with Crippen LogP contribution in [0.1, 0.15) is 61.1 Å². The molecule has 3 aromatic heterocycles. The lowest BCUT2D eigenvalue weighted by Crippen LogP contribution is -2.25. The normalized spacial score (nSPS) is 16.3. The van der Waals surface area contributed by atoms with Gasteiger partial charge in [0.2, 0.25) is 5.95 Å². The number of anilines is 4. The largest absolute Gasteiger partial charge is 0.497 e. The summed E-state index contributed by atoms with van der Waals surface area (Å²) in [6.45, 7) is 3.00. The molecule has 2 fully saturated rings. The van der Waals surface area contributed by atoms with Gasteiger partial charge in [-0.1, -0.05) is 12.1 Å². The first-order chi connectivity index (χ1) is 24.4. The molecule has 0 spiro atoms. The number of benzene rings is 2. The quantitative estimate of drug-likeness (QED) is 0.145. The van der Waals surface area contributed by atoms with Crippen LogP contribution >= 0.6 is 0 Å². The molecule has 1 atom stereocenters. The van der Waals surface area contributed by atoms with Crippen LogP contribution in [0, 0.1) is 18.6 Å². The minimum Gasteiger partial charge on any atom is -0.497 e. The third kappa shape index (κ3) is 7.04. The van der Waals surface area contributed by atoms with Crippen molar-refractivity contribution < 1.29 is 26.7 Å². The average Bonchev–Trinajstić information content (AvgIpc) is 3.74. The lowest BCUT2D eigenvalue weighted by Gasteiger charge is -2.28. The van der Waals surface area contributed by atoms with Crippen molar-refractivity contribution in [2.75, 3.05) is 36.8 Å². The summed E-state index contributed by atoms with van der Waals surface area (Å²) in [5.74, 6) is -0.167. The van der Waals surface area contributed by atoms with Crippen LogP contribution in [0.3, 0.4) is 0 Å². The van der Waals surface area contributed by atoms with E-state index in [9.17, 15) is 8.42 Å². The summed E-state index contributed by atoms with van der Waals surface area (Å²) in [6, 6.07) is 11.3. The molecule has 1 aliphatic carbocycles. The number of halogens is 2. The van der Waals surface area contributed by atoms with Gasteiger partial charge in [-0.25, -0.2) is 31.8 Å². The van der Waals surface area contributed by atoms with Gasteiger partial charge in [-0.3, -0.25) is 0 Å². The zero-order valence-corrected chi connectivity index (χ0v) is 30.0. The molecule has 0 radical (unpaired) electrons. The van der Waals surface area contributed by atoms with Crippen LogP contribution in [0.2, 0.25) is 0 Å². The van der Waals surface area contributed by atoms with Gasteiger partial charge in [-0.15, -0.1) is 0 Å². The van der Waals surface area contributed by atoms with Gasteiger partial charge in [-0.2, -0.15) is 10.1 Å². The van der Waals surface area contributed by atoms with Gasteiger partial charge < -0.3 is 23.8 Å². The van der Waals surface area contributed by atoms with E-state index in [2.05, 4.69) is 4.98 Å². The maximum Gasteiger partial charge on any atom is 0.232 e. The van der Waals surface area contributed by atoms with E-state index < -0.39 is 32.1 Å². The van der Waals surface area contributed by atoms with Crippen LogP contribution in [0.25, 0.3) is 11.4 Å². The summed E-state index contributed by atoms with van der Waals surface area (Å²) in [7, 11) is 1.05. The van der Waals surface area contributed by atoms with Gasteiger partial charge >= 0.3 is 0 Å². The standard InChI is InChI=1S/C36H40F2N8O4S/c1-22-16-30(42-46(22)31-8-6-7-15-50-31)45(19-23-9-13-25(49-4)14-10-23)35-32(24-11-12-24)33(29-20-43(2)21-39-29)40-36(41-35)44(3)34-27(37)17-26(18-28(34)38)51(5,47)48/h9-10,13-14,16-18,20-21,24,31H,6-8,11-12,15,19H2,1-5H3. The number of aryl methyl sites for hydroxylation is 2. The van der Waals surface area contributed by atoms with Crippen LogP contribution in [0.15, 0.2) is 59.9 Å². The monoisotopic (exact) mass is 718 g/mol. The SMILES string of the molecule is COc1ccc(CN(c2cc(C)n(C3CCCCO3)n2)c2nc(N(C)c3c(F)cc(S(C)(=O)=O)cc3F)nc(-c3cn(C)cn3)c2C2CC2)cc1. The molecule has 1 saturated carbocycles. The molecule has 2 aliphatic rings. The van der Waals surface area contributed by atoms with E-state index in [1.165, 1.54) is 11.9 Å². The predicted molar refractivity (Wildman–Crippen MR) is 188 cm³/mol. The topological polar surface area (TPSA) is 120 Å². The number of imidazole rings is 1. The molecule has 0 amide bonds. The van der Waals surface area contributed by atoms with Crippen LogP contribution in [0.4, 0.5) is 32.1 Å². The second-order valence-corrected chi connectivity index (χ2v) is 15.2. The lowest BCUT2D eigenvalue weighted by molar-refractivity contribution is -0.0405. The molecule has 2 aromatic carbocycles. The van der Waals surface area contributed by atoms with E-state index in [1.54, 1.807) is 13.4 Å². The van der Waals surface area contributed by atoms with Crippen LogP contribution in [-0.4, -0.2) is 64.7 Å². The van der Waals surface area contributed by atoms with Crippen molar-refractivity contribution in [3.8, 4) is 17.1 Å². The summed E-state index contributed by atoms with van der Waals surface area (Å²) in [5, 5.41) is 5.08. The number of ether oxygens (including phenoxy) is 2. The number of hydrogen-bond acceptors (Lipinski definition) is 10. The fourth-order valence-electron chi connectivity index (χ4n) is 6.45. The molecule has 1 saturated heterocycles. The maximum absolute atomic E-state index is 15.7. The number of aromatic nitrogens is 6. The van der Waals surface area contributed by atoms with E-state index in [0.29, 0.717) is 41.9 Å². The van der Waals surface area contributed by atoms with Gasteiger partial charge in [0.15, 0.2) is 33.5 Å². The second-order valence-electron chi connectivity index (χ2n) is 13.2. The van der Waals surface area contributed by atoms with Crippen molar-refractivity contribution in [1.82, 2.24) is 29.3 Å². The molecule has 51 heavy (non-hydrogen) atoms. The van der Waals surface area contributed by atoms with Gasteiger partial charge in [0.25, 0.3) is 0 Å². The third-order valence-electron chi connectivity index (χ3n) is 9.27. The van der Waals surface area contributed by atoms with Crippen molar-refractivity contribution in [3.63, 3.8) is 0 Å². The third-order valence-corrected chi connectivity index (χ3v) is 10.4. The summed E-state index contributed by atoms with van der Waals surface area (Å²) < 4.78 is 70.9. The van der Waals surface area contributed by atoms with Gasteiger partial charge in [0, 0.05) is 50.5 Å². The first-order valence-corrected chi connectivity index (χ1v) is 18.7. The van der Waals surface area contributed by atoms with Gasteiger partial charge in [0.05, 0.1) is 24.9 Å². The van der Waals surface area contributed by atoms with Crippen molar-refractivity contribution in [1.29, 1.82) is 0 Å². The number of hydrogen-bond donors (Lipinski definition) is 0. The van der Waals surface area contributed by atoms with Crippen LogP contribution < -0.4 is 14.5 Å². The summed E-state index contributed by atoms with van der Waals surface area (Å²) in [6.07, 6.45) is 8.91. The van der Waals surface area contributed by atoms with E-state index in [-0.39, 0.29) is 18.1 Å². The Balaban J connectivity index is 1.44. The highest BCUT2D eigenvalue weighted by Gasteiger charge is 2.36. The molecule has 1 unspecified atom stereocenters. The highest BCUT2D eigenvalue weighted by molar-refractivity contribution is 7.90. The summed E-state index contributed by atoms with van der Waals surface area (Å²) in [4.78, 5) is 17.3. The molecule has 12 nitrogen and oxygen atoms in total. The second kappa shape index (κ2) is 13.7. The minimum absolute atomic E-state index is 0.00791. The van der Waals surface area contributed by atoms with Gasteiger partial charge in [0.1, 0.15) is 28.6 Å². The molecule has 5 aromatic rings. The fraction of sp³-hybridized carbons (Fsp3) is 0.389. The van der Waals surface area contributed by atoms with Crippen molar-refractivity contribution in [3.05, 3.63) is 83.4 Å². The molecule has 1 aliphatic heterocycles. The molecule has 0 N–H and O–H groups in total. The first-order valence-electron chi connectivity index (χ1n) is 16.8. The molecule has 268 valence electrons. The Kier molecular flexibility index (Phi) is 9.27. The maximum atomic E-state index is 15.7. The highest BCUT2D eigenvalue weighted by atomic mass is 32.2. The Morgan fingerprint density at radius 1 is 1.04 bits per heavy atom. The van der Waals surface area contributed by atoms with Crippen molar-refractivity contribution >= 4 is 33.1 Å². The first kappa shape index (κ1) is 34.6. The number of methoxy groups -OCH3 is 1. The molecule has 4 heterocycles. The number of sulfone groups is 1. The van der Waals surface area contributed by atoms with Crippen LogP contribution in [-0.2, 0) is 28.2 Å². The summed E-state index contributed by atoms with van der Waals surface area (Å²) >= 11 is 0. The van der Waals surface area contributed by atoms with E-state index in [1.807, 2.05) is 64.6 Å². The number of nitrogens with zero attached hydrogens (tertiary/aromatic N) is 8. The Bertz CT molecular complexity index is 2150. The number of rotatable bonds is 11. The average molecular weight is 719 g/mol. The van der Waals surface area contributed by atoms with E-state index >= 15 is 8.78 Å². The Labute approximate surface area is 295 Å². The molecular weight excluding hydrogens is 679 g/mol. The summed E-state index contributed by atoms with van der Waals surface area (Å²) in [5.41, 5.74) is 3.33. The Morgan fingerprint density at radius 3 is 2.35 bits per heavy atom. The molecule has 0 bridgehead atoms. The lowest BCUT2D eigenvalue weighted by atomic mass is 10.1.